The fourth-order valence-corrected chi connectivity index (χ4v) is 1.47. The van der Waals surface area contributed by atoms with Crippen LogP contribution < -0.4 is 0 Å². The number of ether oxygens (including phenoxy) is 2. The van der Waals surface area contributed by atoms with Crippen LogP contribution in [0.15, 0.2) is 12.3 Å². The average Bonchev–Trinajstić information content (AvgIpc) is 2.03. The van der Waals surface area contributed by atoms with E-state index in [2.05, 4.69) is 6.92 Å². The molecular weight excluding hydrogens is 152 g/mol. The van der Waals surface area contributed by atoms with Gasteiger partial charge in [0.25, 0.3) is 0 Å². The summed E-state index contributed by atoms with van der Waals surface area (Å²) in [5.74, 6) is 0.736. The van der Waals surface area contributed by atoms with Gasteiger partial charge in [0.15, 0.2) is 0 Å². The van der Waals surface area contributed by atoms with Gasteiger partial charge in [0.05, 0.1) is 25.6 Å². The Morgan fingerprint density at radius 2 is 2.42 bits per heavy atom. The maximum absolute atomic E-state index is 5.38. The molecule has 2 heteroatoms. The second-order valence-corrected chi connectivity index (χ2v) is 3.17. The molecule has 1 rings (SSSR count). The van der Waals surface area contributed by atoms with Crippen LogP contribution in [0.25, 0.3) is 0 Å². The van der Waals surface area contributed by atoms with Gasteiger partial charge in [-0.15, -0.1) is 0 Å². The fourth-order valence-electron chi connectivity index (χ4n) is 1.47. The lowest BCUT2D eigenvalue weighted by Crippen LogP contribution is -2.39. The minimum atomic E-state index is 0.499. The van der Waals surface area contributed by atoms with Crippen LogP contribution in [0.4, 0.5) is 0 Å². The van der Waals surface area contributed by atoms with E-state index in [-0.39, 0.29) is 0 Å². The molecule has 0 N–H and O–H groups in total. The third-order valence-corrected chi connectivity index (χ3v) is 2.29. The maximum atomic E-state index is 5.38. The number of allylic oxidation sites excluding steroid dienone is 1. The van der Waals surface area contributed by atoms with Crippen LogP contribution in [-0.4, -0.2) is 19.3 Å². The van der Waals surface area contributed by atoms with E-state index in [9.17, 15) is 0 Å². The van der Waals surface area contributed by atoms with Gasteiger partial charge in [-0.25, -0.2) is 0 Å². The van der Waals surface area contributed by atoms with Crippen molar-refractivity contribution < 1.29 is 9.47 Å². The summed E-state index contributed by atoms with van der Waals surface area (Å²) >= 11 is 0. The molecule has 70 valence electrons. The molecule has 1 fully saturated rings. The van der Waals surface area contributed by atoms with Crippen LogP contribution in [0, 0.1) is 5.92 Å². The van der Waals surface area contributed by atoms with Gasteiger partial charge >= 0.3 is 0 Å². The van der Waals surface area contributed by atoms with Crippen molar-refractivity contribution >= 4 is 0 Å². The molecule has 0 spiro atoms. The zero-order valence-corrected chi connectivity index (χ0v) is 7.95. The Balaban J connectivity index is 2.00. The molecule has 2 nitrogen and oxygen atoms in total. The molecule has 0 saturated carbocycles. The van der Waals surface area contributed by atoms with Crippen molar-refractivity contribution in [1.29, 1.82) is 0 Å². The first kappa shape index (κ1) is 9.59. The number of hydrogen-bond acceptors (Lipinski definition) is 2. The molecule has 0 aromatic heterocycles. The summed E-state index contributed by atoms with van der Waals surface area (Å²) < 4.78 is 10.6. The van der Waals surface area contributed by atoms with Gasteiger partial charge in [0.2, 0.25) is 0 Å². The Kier molecular flexibility index (Phi) is 4.15. The molecule has 0 radical (unpaired) electrons. The van der Waals surface area contributed by atoms with Crippen molar-refractivity contribution in [3.63, 3.8) is 0 Å². The third-order valence-electron chi connectivity index (χ3n) is 2.29. The van der Waals surface area contributed by atoms with Gasteiger partial charge in [-0.3, -0.25) is 0 Å². The lowest BCUT2D eigenvalue weighted by molar-refractivity contribution is -0.122. The van der Waals surface area contributed by atoms with Gasteiger partial charge in [-0.05, 0) is 19.8 Å². The second-order valence-electron chi connectivity index (χ2n) is 3.17. The van der Waals surface area contributed by atoms with Crippen molar-refractivity contribution in [2.45, 2.75) is 32.8 Å². The summed E-state index contributed by atoms with van der Waals surface area (Å²) in [5.41, 5.74) is 0. The molecule has 0 aromatic rings. The van der Waals surface area contributed by atoms with Crippen molar-refractivity contribution in [3.8, 4) is 0 Å². The molecule has 2 unspecified atom stereocenters. The predicted molar refractivity (Wildman–Crippen MR) is 48.9 cm³/mol. The highest BCUT2D eigenvalue weighted by Crippen LogP contribution is 2.25. The first-order valence-electron chi connectivity index (χ1n) is 4.72. The molecule has 1 heterocycles. The minimum absolute atomic E-state index is 0.499. The minimum Gasteiger partial charge on any atom is -0.502 e. The molecule has 1 aliphatic rings. The van der Waals surface area contributed by atoms with E-state index < -0.39 is 0 Å². The Labute approximate surface area is 74.6 Å². The normalized spacial score (nSPS) is 28.8. The quantitative estimate of drug-likeness (QED) is 0.466. The highest BCUT2D eigenvalue weighted by Gasteiger charge is 2.29. The molecule has 0 aliphatic carbocycles. The van der Waals surface area contributed by atoms with Crippen LogP contribution in [0.3, 0.4) is 0 Å². The van der Waals surface area contributed by atoms with E-state index in [1.54, 1.807) is 6.26 Å². The lowest BCUT2D eigenvalue weighted by atomic mass is 9.93. The third kappa shape index (κ3) is 2.52. The Bertz CT molecular complexity index is 141. The van der Waals surface area contributed by atoms with Gasteiger partial charge in [-0.2, -0.15) is 0 Å². The molecule has 0 amide bonds. The van der Waals surface area contributed by atoms with Crippen molar-refractivity contribution in [2.75, 3.05) is 13.2 Å². The summed E-state index contributed by atoms with van der Waals surface area (Å²) in [6.45, 7) is 5.89. The molecule has 0 bridgehead atoms. The summed E-state index contributed by atoms with van der Waals surface area (Å²) in [4.78, 5) is 0. The van der Waals surface area contributed by atoms with E-state index in [0.717, 1.165) is 32.0 Å². The lowest BCUT2D eigenvalue weighted by Gasteiger charge is -2.36. The number of rotatable bonds is 5. The molecule has 12 heavy (non-hydrogen) atoms. The Hall–Kier alpha value is -0.500. The summed E-state index contributed by atoms with van der Waals surface area (Å²) in [5, 5.41) is 0. The van der Waals surface area contributed by atoms with Crippen LogP contribution in [0.1, 0.15) is 26.7 Å². The monoisotopic (exact) mass is 170 g/mol. The zero-order valence-electron chi connectivity index (χ0n) is 7.95. The standard InChI is InChI=1S/C10H18O2/c1-3-6-11-7-5-9-8-12-10(9)4-2/h3,6,9-10H,4-5,7-8H2,1-2H3. The number of hydrogen-bond donors (Lipinski definition) is 0. The average molecular weight is 170 g/mol. The van der Waals surface area contributed by atoms with Crippen LogP contribution in [0.5, 0.6) is 0 Å². The van der Waals surface area contributed by atoms with Crippen LogP contribution >= 0.6 is 0 Å². The van der Waals surface area contributed by atoms with E-state index in [0.29, 0.717) is 6.10 Å². The van der Waals surface area contributed by atoms with Gasteiger partial charge in [-0.1, -0.05) is 13.0 Å². The van der Waals surface area contributed by atoms with Crippen LogP contribution in [-0.2, 0) is 9.47 Å². The predicted octanol–water partition coefficient (Wildman–Crippen LogP) is 2.35. The maximum Gasteiger partial charge on any atom is 0.0877 e. The smallest absolute Gasteiger partial charge is 0.0877 e. The molecular formula is C10H18O2. The van der Waals surface area contributed by atoms with E-state index >= 15 is 0 Å². The molecule has 0 aromatic carbocycles. The summed E-state index contributed by atoms with van der Waals surface area (Å²) in [6.07, 6.45) is 6.42. The van der Waals surface area contributed by atoms with Gasteiger partial charge in [0.1, 0.15) is 0 Å². The highest BCUT2D eigenvalue weighted by molar-refractivity contribution is 4.77. The largest absolute Gasteiger partial charge is 0.502 e. The topological polar surface area (TPSA) is 18.5 Å². The molecule has 2 atom stereocenters. The first-order chi connectivity index (χ1) is 5.88. The van der Waals surface area contributed by atoms with E-state index in [4.69, 9.17) is 9.47 Å². The highest BCUT2D eigenvalue weighted by atomic mass is 16.5. The second kappa shape index (κ2) is 5.20. The summed E-state index contributed by atoms with van der Waals surface area (Å²) in [7, 11) is 0. The van der Waals surface area contributed by atoms with Crippen molar-refractivity contribution in [1.82, 2.24) is 0 Å². The molecule has 1 aliphatic heterocycles. The first-order valence-corrected chi connectivity index (χ1v) is 4.72. The van der Waals surface area contributed by atoms with Crippen molar-refractivity contribution in [3.05, 3.63) is 12.3 Å². The van der Waals surface area contributed by atoms with E-state index in [1.165, 1.54) is 0 Å². The zero-order chi connectivity index (χ0) is 8.81. The fraction of sp³-hybridized carbons (Fsp3) is 0.800. The van der Waals surface area contributed by atoms with Gasteiger partial charge < -0.3 is 9.47 Å². The SMILES string of the molecule is CC=COCCC1COC1CC. The van der Waals surface area contributed by atoms with Crippen LogP contribution in [0.2, 0.25) is 0 Å². The summed E-state index contributed by atoms with van der Waals surface area (Å²) in [6, 6.07) is 0. The Morgan fingerprint density at radius 3 is 2.92 bits per heavy atom. The van der Waals surface area contributed by atoms with E-state index in [1.807, 2.05) is 13.0 Å². The Morgan fingerprint density at radius 1 is 1.58 bits per heavy atom. The van der Waals surface area contributed by atoms with Gasteiger partial charge in [0, 0.05) is 5.92 Å². The molecule has 1 saturated heterocycles. The van der Waals surface area contributed by atoms with Crippen molar-refractivity contribution in [2.24, 2.45) is 5.92 Å².